The van der Waals surface area contributed by atoms with Crippen LogP contribution in [0.2, 0.25) is 0 Å². The van der Waals surface area contributed by atoms with Gasteiger partial charge in [-0.2, -0.15) is 0 Å². The van der Waals surface area contributed by atoms with Crippen molar-refractivity contribution in [2.75, 3.05) is 7.05 Å². The Hall–Kier alpha value is -2.89. The van der Waals surface area contributed by atoms with Gasteiger partial charge in [-0.3, -0.25) is 9.59 Å². The quantitative estimate of drug-likeness (QED) is 0.585. The summed E-state index contributed by atoms with van der Waals surface area (Å²) >= 11 is 0. The Bertz CT molecular complexity index is 1060. The van der Waals surface area contributed by atoms with Crippen molar-refractivity contribution in [1.82, 2.24) is 14.6 Å². The molecule has 0 spiro atoms. The maximum atomic E-state index is 13.4. The lowest BCUT2D eigenvalue weighted by atomic mass is 9.96. The van der Waals surface area contributed by atoms with Crippen LogP contribution in [0.15, 0.2) is 35.0 Å². The molecule has 1 aromatic carbocycles. The molecule has 2 aromatic heterocycles. The fourth-order valence-electron chi connectivity index (χ4n) is 4.36. The van der Waals surface area contributed by atoms with Gasteiger partial charge in [0.05, 0.1) is 6.54 Å². The molecule has 6 nitrogen and oxygen atoms in total. The first-order chi connectivity index (χ1) is 14.0. The van der Waals surface area contributed by atoms with Crippen LogP contribution in [0, 0.1) is 0 Å². The zero-order valence-corrected chi connectivity index (χ0v) is 17.3. The minimum Gasteiger partial charge on any atom is -0.361 e. The summed E-state index contributed by atoms with van der Waals surface area (Å²) in [5.74, 6) is 0.988. The van der Waals surface area contributed by atoms with Crippen molar-refractivity contribution in [3.05, 3.63) is 53.0 Å². The molecule has 0 saturated carbocycles. The third kappa shape index (κ3) is 3.48. The molecule has 0 radical (unpaired) electrons. The molecule has 0 N–H and O–H groups in total. The van der Waals surface area contributed by atoms with E-state index in [4.69, 9.17) is 4.52 Å². The molecule has 0 bridgehead atoms. The van der Waals surface area contributed by atoms with Crippen molar-refractivity contribution in [3.8, 4) is 0 Å². The van der Waals surface area contributed by atoms with Gasteiger partial charge in [0.2, 0.25) is 5.91 Å². The molecule has 1 atom stereocenters. The van der Waals surface area contributed by atoms with Gasteiger partial charge in [-0.05, 0) is 38.7 Å². The number of fused-ring (bicyclic) bond motifs is 2. The number of carbonyl (C=O) groups is 2. The second-order valence-corrected chi connectivity index (χ2v) is 7.88. The van der Waals surface area contributed by atoms with Gasteiger partial charge in [0.25, 0.3) is 0 Å². The van der Waals surface area contributed by atoms with Crippen molar-refractivity contribution < 1.29 is 14.1 Å². The number of amides is 1. The number of para-hydroxylation sites is 1. The van der Waals surface area contributed by atoms with Crippen LogP contribution in [-0.4, -0.2) is 33.4 Å². The van der Waals surface area contributed by atoms with Crippen LogP contribution >= 0.6 is 0 Å². The molecule has 0 aliphatic heterocycles. The summed E-state index contributed by atoms with van der Waals surface area (Å²) < 4.78 is 7.44. The zero-order chi connectivity index (χ0) is 20.5. The number of Topliss-reactive ketones (excluding diaryl/α,β-unsaturated/α-hetero) is 1. The van der Waals surface area contributed by atoms with Gasteiger partial charge in [-0.25, -0.2) is 0 Å². The van der Waals surface area contributed by atoms with Crippen LogP contribution in [-0.2, 0) is 24.2 Å². The number of hydrogen-bond acceptors (Lipinski definition) is 4. The van der Waals surface area contributed by atoms with E-state index < -0.39 is 0 Å². The van der Waals surface area contributed by atoms with Crippen LogP contribution < -0.4 is 0 Å². The Morgan fingerprint density at radius 2 is 2.00 bits per heavy atom. The summed E-state index contributed by atoms with van der Waals surface area (Å²) in [6.07, 6.45) is 6.63. The molecule has 1 amide bonds. The highest BCUT2D eigenvalue weighted by molar-refractivity contribution is 6.07. The van der Waals surface area contributed by atoms with Gasteiger partial charge in [0, 0.05) is 41.7 Å². The summed E-state index contributed by atoms with van der Waals surface area (Å²) in [4.78, 5) is 27.2. The molecule has 0 saturated heterocycles. The number of ketones is 1. The van der Waals surface area contributed by atoms with Crippen molar-refractivity contribution in [1.29, 1.82) is 0 Å². The van der Waals surface area contributed by atoms with E-state index in [1.54, 1.807) is 11.8 Å². The lowest BCUT2D eigenvalue weighted by molar-refractivity contribution is -0.134. The van der Waals surface area contributed by atoms with Crippen LogP contribution in [0.25, 0.3) is 10.9 Å². The number of benzene rings is 1. The van der Waals surface area contributed by atoms with E-state index in [9.17, 15) is 9.59 Å². The highest BCUT2D eigenvalue weighted by Gasteiger charge is 2.27. The fraction of sp³-hybridized carbons (Fsp3) is 0.435. The van der Waals surface area contributed by atoms with Gasteiger partial charge in [0.1, 0.15) is 17.5 Å². The number of rotatable bonds is 6. The van der Waals surface area contributed by atoms with Gasteiger partial charge < -0.3 is 14.0 Å². The smallest absolute Gasteiger partial charge is 0.245 e. The standard InChI is InChI=1S/C23H27N3O3/c1-4-20(26-13-18(15(2)27)16-9-5-7-11-21(16)26)23(28)25(3)14-19-17-10-6-8-12-22(17)29-24-19/h5,7,9,11,13,20H,4,6,8,10,12,14H2,1-3H3/t20-/m1/s1. The average molecular weight is 393 g/mol. The molecule has 152 valence electrons. The number of likely N-dealkylation sites (N-methyl/N-ethyl adjacent to an activating group) is 1. The molecule has 2 heterocycles. The molecule has 6 heteroatoms. The Balaban J connectivity index is 1.63. The normalized spacial score (nSPS) is 14.6. The minimum absolute atomic E-state index is 0.00447. The molecule has 3 aromatic rings. The number of hydrogen-bond donors (Lipinski definition) is 0. The van der Waals surface area contributed by atoms with Crippen molar-refractivity contribution >= 4 is 22.6 Å². The molecule has 4 rings (SSSR count). The van der Waals surface area contributed by atoms with Gasteiger partial charge in [-0.15, -0.1) is 0 Å². The third-order valence-electron chi connectivity index (χ3n) is 5.92. The van der Waals surface area contributed by atoms with Gasteiger partial charge >= 0.3 is 0 Å². The second kappa shape index (κ2) is 7.85. The topological polar surface area (TPSA) is 68.3 Å². The molecular weight excluding hydrogens is 366 g/mol. The number of carbonyl (C=O) groups excluding carboxylic acids is 2. The van der Waals surface area contributed by atoms with E-state index >= 15 is 0 Å². The number of nitrogens with zero attached hydrogens (tertiary/aromatic N) is 3. The zero-order valence-electron chi connectivity index (χ0n) is 17.3. The first-order valence-corrected chi connectivity index (χ1v) is 10.3. The SMILES string of the molecule is CC[C@H](C(=O)N(C)Cc1noc2c1CCCC2)n1cc(C(C)=O)c2ccccc21. The predicted octanol–water partition coefficient (Wildman–Crippen LogP) is 4.32. The largest absolute Gasteiger partial charge is 0.361 e. The third-order valence-corrected chi connectivity index (χ3v) is 5.92. The summed E-state index contributed by atoms with van der Waals surface area (Å²) in [5.41, 5.74) is 3.60. The average Bonchev–Trinajstić information content (AvgIpc) is 3.31. The molecular formula is C23H27N3O3. The van der Waals surface area contributed by atoms with E-state index in [0.29, 0.717) is 18.5 Å². The number of aryl methyl sites for hydroxylation is 1. The Morgan fingerprint density at radius 3 is 2.76 bits per heavy atom. The van der Waals surface area contributed by atoms with E-state index in [1.165, 1.54) is 5.56 Å². The van der Waals surface area contributed by atoms with E-state index in [2.05, 4.69) is 5.16 Å². The summed E-state index contributed by atoms with van der Waals surface area (Å²) in [5, 5.41) is 5.12. The molecule has 1 aliphatic carbocycles. The monoisotopic (exact) mass is 393 g/mol. The van der Waals surface area contributed by atoms with Crippen LogP contribution in [0.4, 0.5) is 0 Å². The molecule has 0 unspecified atom stereocenters. The molecule has 0 fully saturated rings. The first kappa shape index (κ1) is 19.4. The molecule has 1 aliphatic rings. The lowest BCUT2D eigenvalue weighted by Crippen LogP contribution is -2.34. The Labute approximate surface area is 170 Å². The lowest BCUT2D eigenvalue weighted by Gasteiger charge is -2.24. The Morgan fingerprint density at radius 1 is 1.24 bits per heavy atom. The maximum absolute atomic E-state index is 13.4. The van der Waals surface area contributed by atoms with Gasteiger partial charge in [0.15, 0.2) is 5.78 Å². The van der Waals surface area contributed by atoms with Crippen molar-refractivity contribution in [3.63, 3.8) is 0 Å². The van der Waals surface area contributed by atoms with E-state index in [1.807, 2.05) is 49.0 Å². The Kier molecular flexibility index (Phi) is 5.26. The summed E-state index contributed by atoms with van der Waals surface area (Å²) in [6, 6.07) is 7.38. The van der Waals surface area contributed by atoms with Gasteiger partial charge in [-0.1, -0.05) is 30.3 Å². The summed E-state index contributed by atoms with van der Waals surface area (Å²) in [6.45, 7) is 4.00. The first-order valence-electron chi connectivity index (χ1n) is 10.3. The van der Waals surface area contributed by atoms with Crippen molar-refractivity contribution in [2.45, 2.75) is 58.5 Å². The maximum Gasteiger partial charge on any atom is 0.245 e. The predicted molar refractivity (Wildman–Crippen MR) is 111 cm³/mol. The summed E-state index contributed by atoms with van der Waals surface area (Å²) in [7, 11) is 1.81. The minimum atomic E-state index is -0.374. The highest BCUT2D eigenvalue weighted by Crippen LogP contribution is 2.29. The van der Waals surface area contributed by atoms with Crippen molar-refractivity contribution in [2.24, 2.45) is 0 Å². The number of aromatic nitrogens is 2. The highest BCUT2D eigenvalue weighted by atomic mass is 16.5. The molecule has 29 heavy (non-hydrogen) atoms. The van der Waals surface area contributed by atoms with Crippen LogP contribution in [0.3, 0.4) is 0 Å². The van der Waals surface area contributed by atoms with Crippen LogP contribution in [0.5, 0.6) is 0 Å². The second-order valence-electron chi connectivity index (χ2n) is 7.88. The fourth-order valence-corrected chi connectivity index (χ4v) is 4.36. The van der Waals surface area contributed by atoms with E-state index in [-0.39, 0.29) is 17.7 Å². The van der Waals surface area contributed by atoms with Crippen LogP contribution in [0.1, 0.15) is 66.5 Å². The van der Waals surface area contributed by atoms with E-state index in [0.717, 1.165) is 48.0 Å².